The number of aromatic nitrogens is 1. The number of carbonyl (C=O) groups excluding carboxylic acids is 2. The smallest absolute Gasteiger partial charge is 0.243 e. The van der Waals surface area contributed by atoms with E-state index in [0.717, 1.165) is 29.4 Å². The number of amides is 2. The van der Waals surface area contributed by atoms with Crippen LogP contribution in [0.4, 0.5) is 4.39 Å². The summed E-state index contributed by atoms with van der Waals surface area (Å²) >= 11 is 0. The van der Waals surface area contributed by atoms with Gasteiger partial charge in [0.05, 0.1) is 23.6 Å². The number of aromatic amines is 1. The first-order chi connectivity index (χ1) is 24.1. The molecule has 0 aliphatic heterocycles. The molecule has 4 aromatic rings. The number of fused-ring (bicyclic) bond motifs is 1. The molecule has 1 heterocycles. The summed E-state index contributed by atoms with van der Waals surface area (Å²) in [6.07, 6.45) is 2.19. The number of aliphatic hydroxyl groups is 1. The molecule has 5 rings (SSSR count). The maximum atomic E-state index is 14.0. The Labute approximate surface area is 300 Å². The summed E-state index contributed by atoms with van der Waals surface area (Å²) in [5.41, 5.74) is 1.09. The first kappa shape index (κ1) is 38.1. The van der Waals surface area contributed by atoms with E-state index in [9.17, 15) is 27.5 Å². The van der Waals surface area contributed by atoms with Gasteiger partial charge in [0.1, 0.15) is 11.9 Å². The van der Waals surface area contributed by atoms with E-state index in [1.54, 1.807) is 30.5 Å². The molecule has 5 N–H and O–H groups in total. The van der Waals surface area contributed by atoms with Crippen molar-refractivity contribution in [1.29, 1.82) is 0 Å². The van der Waals surface area contributed by atoms with Gasteiger partial charge in [0, 0.05) is 30.3 Å². The van der Waals surface area contributed by atoms with E-state index in [1.165, 1.54) is 16.4 Å². The van der Waals surface area contributed by atoms with Crippen molar-refractivity contribution < 1.29 is 27.5 Å². The molecular formula is C39H50FN5O5S. The zero-order valence-electron chi connectivity index (χ0n) is 29.9. The highest BCUT2D eigenvalue weighted by Crippen LogP contribution is 2.45. The minimum absolute atomic E-state index is 0.0480. The van der Waals surface area contributed by atoms with Crippen LogP contribution in [0.25, 0.3) is 10.9 Å². The van der Waals surface area contributed by atoms with Crippen molar-refractivity contribution in [2.45, 2.75) is 82.5 Å². The monoisotopic (exact) mass is 719 g/mol. The highest BCUT2D eigenvalue weighted by molar-refractivity contribution is 7.89. The molecule has 1 aromatic heterocycles. The van der Waals surface area contributed by atoms with Crippen LogP contribution in [0.5, 0.6) is 0 Å². The van der Waals surface area contributed by atoms with Crippen LogP contribution in [0.2, 0.25) is 0 Å². The summed E-state index contributed by atoms with van der Waals surface area (Å²) in [7, 11) is -4.03. The van der Waals surface area contributed by atoms with Crippen LogP contribution in [-0.2, 0) is 31.6 Å². The number of nitrogens with one attached hydrogen (secondary N) is 4. The highest BCUT2D eigenvalue weighted by atomic mass is 32.2. The molecular weight excluding hydrogens is 670 g/mol. The second kappa shape index (κ2) is 15.6. The average molecular weight is 720 g/mol. The first-order valence-corrected chi connectivity index (χ1v) is 18.9. The molecule has 1 saturated carbocycles. The SMILES string of the molecule is CC(C)CN(C[C@@H](O)[C@H](Cc1ccccc1)NC(=O)[C@@H](NC(=O)CNC1(c2cccc(F)c2)CC1)C(C)(C)C)S(=O)(=O)c1ccc2cc[nH]c2c1. The third-order valence-electron chi connectivity index (χ3n) is 9.36. The summed E-state index contributed by atoms with van der Waals surface area (Å²) in [5.74, 6) is -1.29. The molecule has 2 amide bonds. The van der Waals surface area contributed by atoms with E-state index in [2.05, 4.69) is 20.9 Å². The molecule has 1 aliphatic carbocycles. The molecule has 10 nitrogen and oxygen atoms in total. The lowest BCUT2D eigenvalue weighted by molar-refractivity contribution is -0.132. The summed E-state index contributed by atoms with van der Waals surface area (Å²) in [6.45, 7) is 9.12. The number of halogens is 1. The highest BCUT2D eigenvalue weighted by Gasteiger charge is 2.45. The van der Waals surface area contributed by atoms with Gasteiger partial charge in [0.2, 0.25) is 21.8 Å². The lowest BCUT2D eigenvalue weighted by Gasteiger charge is -2.34. The van der Waals surface area contributed by atoms with Crippen molar-refractivity contribution in [2.24, 2.45) is 11.3 Å². The lowest BCUT2D eigenvalue weighted by Crippen LogP contribution is -2.59. The van der Waals surface area contributed by atoms with Crippen molar-refractivity contribution in [3.05, 3.63) is 102 Å². The first-order valence-electron chi connectivity index (χ1n) is 17.5. The van der Waals surface area contributed by atoms with Gasteiger partial charge in [0.15, 0.2) is 0 Å². The summed E-state index contributed by atoms with van der Waals surface area (Å²) in [6, 6.07) is 20.5. The minimum Gasteiger partial charge on any atom is -0.390 e. The van der Waals surface area contributed by atoms with Crippen LogP contribution in [0, 0.1) is 17.2 Å². The Bertz CT molecular complexity index is 1920. The predicted octanol–water partition coefficient (Wildman–Crippen LogP) is 4.85. The molecule has 0 saturated heterocycles. The van der Waals surface area contributed by atoms with Crippen molar-refractivity contribution in [3.8, 4) is 0 Å². The van der Waals surface area contributed by atoms with Crippen LogP contribution in [0.15, 0.2) is 90.0 Å². The van der Waals surface area contributed by atoms with Gasteiger partial charge in [-0.2, -0.15) is 4.31 Å². The fourth-order valence-electron chi connectivity index (χ4n) is 6.38. The number of nitrogens with zero attached hydrogens (tertiary/aromatic N) is 1. The fourth-order valence-corrected chi connectivity index (χ4v) is 8.03. The molecule has 1 fully saturated rings. The minimum atomic E-state index is -4.03. The van der Waals surface area contributed by atoms with Crippen LogP contribution in [0.1, 0.15) is 58.6 Å². The fraction of sp³-hybridized carbons (Fsp3) is 0.436. The molecule has 0 spiro atoms. The number of rotatable bonds is 16. The van der Waals surface area contributed by atoms with E-state index in [4.69, 9.17) is 0 Å². The Hall–Kier alpha value is -4.10. The number of hydrogen-bond acceptors (Lipinski definition) is 6. The predicted molar refractivity (Wildman–Crippen MR) is 197 cm³/mol. The quantitative estimate of drug-likeness (QED) is 0.112. The zero-order chi connectivity index (χ0) is 37.0. The van der Waals surface area contributed by atoms with Gasteiger partial charge in [0.25, 0.3) is 0 Å². The molecule has 3 atom stereocenters. The van der Waals surface area contributed by atoms with Crippen LogP contribution in [0.3, 0.4) is 0 Å². The molecule has 0 unspecified atom stereocenters. The zero-order valence-corrected chi connectivity index (χ0v) is 30.8. The van der Waals surface area contributed by atoms with Crippen LogP contribution < -0.4 is 16.0 Å². The Morgan fingerprint density at radius 2 is 1.69 bits per heavy atom. The molecule has 0 bridgehead atoms. The Morgan fingerprint density at radius 3 is 2.33 bits per heavy atom. The number of H-pyrrole nitrogens is 1. The largest absolute Gasteiger partial charge is 0.390 e. The average Bonchev–Trinajstić information content (AvgIpc) is 3.72. The van der Waals surface area contributed by atoms with Crippen molar-refractivity contribution >= 4 is 32.7 Å². The molecule has 0 radical (unpaired) electrons. The van der Waals surface area contributed by atoms with Gasteiger partial charge in [-0.3, -0.25) is 14.9 Å². The third kappa shape index (κ3) is 9.62. The molecule has 1 aliphatic rings. The van der Waals surface area contributed by atoms with E-state index >= 15 is 0 Å². The number of hydrogen-bond donors (Lipinski definition) is 5. The Kier molecular flexibility index (Phi) is 11.7. The van der Waals surface area contributed by atoms with Crippen LogP contribution >= 0.6 is 0 Å². The van der Waals surface area contributed by atoms with Gasteiger partial charge in [-0.15, -0.1) is 0 Å². The molecule has 3 aromatic carbocycles. The van der Waals surface area contributed by atoms with E-state index < -0.39 is 51.0 Å². The molecule has 51 heavy (non-hydrogen) atoms. The molecule has 274 valence electrons. The van der Waals surface area contributed by atoms with E-state index in [1.807, 2.05) is 77.1 Å². The second-order valence-corrected chi connectivity index (χ2v) is 17.1. The molecule has 12 heteroatoms. The van der Waals surface area contributed by atoms with Gasteiger partial charge >= 0.3 is 0 Å². The maximum Gasteiger partial charge on any atom is 0.243 e. The number of carbonyl (C=O) groups is 2. The number of benzene rings is 3. The number of aliphatic hydroxyl groups excluding tert-OH is 1. The summed E-state index contributed by atoms with van der Waals surface area (Å²) < 4.78 is 43.2. The topological polar surface area (TPSA) is 144 Å². The maximum absolute atomic E-state index is 14.0. The van der Waals surface area contributed by atoms with Gasteiger partial charge in [-0.1, -0.05) is 83.1 Å². The summed E-state index contributed by atoms with van der Waals surface area (Å²) in [4.78, 5) is 30.5. The standard InChI is InChI=1S/C39H50FN5O5S/c1-26(2)24-45(51(49,50)31-15-14-28-16-19-41-32(28)22-31)25-34(46)33(20-27-10-7-6-8-11-27)43-37(48)36(38(3,4)5)44-35(47)23-42-39(17-18-39)29-12-9-13-30(40)21-29/h6-16,19,21-22,26,33-34,36,41-42,46H,17-18,20,23-25H2,1-5H3,(H,43,48)(H,44,47)/t33-,34+,36+/m0/s1. The third-order valence-corrected chi connectivity index (χ3v) is 11.2. The van der Waals surface area contributed by atoms with Gasteiger partial charge in [-0.05, 0) is 77.4 Å². The van der Waals surface area contributed by atoms with Crippen molar-refractivity contribution in [3.63, 3.8) is 0 Å². The van der Waals surface area contributed by atoms with Gasteiger partial charge in [-0.25, -0.2) is 12.8 Å². The number of sulfonamides is 1. The van der Waals surface area contributed by atoms with E-state index in [-0.39, 0.29) is 42.7 Å². The second-order valence-electron chi connectivity index (χ2n) is 15.1. The van der Waals surface area contributed by atoms with Crippen molar-refractivity contribution in [1.82, 2.24) is 25.2 Å². The summed E-state index contributed by atoms with van der Waals surface area (Å²) in [5, 5.41) is 21.8. The lowest BCUT2D eigenvalue weighted by atomic mass is 9.85. The van der Waals surface area contributed by atoms with E-state index in [0.29, 0.717) is 5.52 Å². The van der Waals surface area contributed by atoms with Gasteiger partial charge < -0.3 is 20.7 Å². The van der Waals surface area contributed by atoms with Crippen LogP contribution in [-0.4, -0.2) is 72.4 Å². The normalized spacial score (nSPS) is 16.2. The van der Waals surface area contributed by atoms with Crippen molar-refractivity contribution in [2.75, 3.05) is 19.6 Å². The Balaban J connectivity index is 1.33. The Morgan fingerprint density at radius 1 is 0.961 bits per heavy atom.